The van der Waals surface area contributed by atoms with Crippen molar-refractivity contribution < 1.29 is 22.7 Å². The van der Waals surface area contributed by atoms with E-state index < -0.39 is 28.5 Å². The molecule has 9 heteroatoms. The first-order chi connectivity index (χ1) is 18.7. The van der Waals surface area contributed by atoms with Gasteiger partial charge in [0.05, 0.1) is 17.7 Å². The second-order valence-electron chi connectivity index (χ2n) is 9.25. The van der Waals surface area contributed by atoms with Gasteiger partial charge < -0.3 is 15.0 Å². The number of anilines is 1. The number of methoxy groups -OCH3 is 1. The van der Waals surface area contributed by atoms with Crippen LogP contribution in [0.3, 0.4) is 0 Å². The van der Waals surface area contributed by atoms with Gasteiger partial charge in [0.1, 0.15) is 18.3 Å². The molecule has 1 atom stereocenters. The smallest absolute Gasteiger partial charge is 0.264 e. The summed E-state index contributed by atoms with van der Waals surface area (Å²) in [4.78, 5) is 28.7. The number of hydrogen-bond donors (Lipinski definition) is 1. The van der Waals surface area contributed by atoms with E-state index in [1.54, 1.807) is 55.6 Å². The quantitative estimate of drug-likeness (QED) is 0.337. The third-order valence-electron chi connectivity index (χ3n) is 6.32. The number of hydrogen-bond acceptors (Lipinski definition) is 5. The predicted molar refractivity (Wildman–Crippen MR) is 153 cm³/mol. The van der Waals surface area contributed by atoms with Crippen molar-refractivity contribution in [2.75, 3.05) is 24.5 Å². The van der Waals surface area contributed by atoms with Gasteiger partial charge in [-0.3, -0.25) is 13.9 Å². The van der Waals surface area contributed by atoms with Crippen molar-refractivity contribution in [2.24, 2.45) is 0 Å². The van der Waals surface area contributed by atoms with E-state index in [1.165, 1.54) is 17.0 Å². The number of nitrogens with zero attached hydrogens (tertiary/aromatic N) is 2. The van der Waals surface area contributed by atoms with E-state index in [2.05, 4.69) is 5.32 Å². The fourth-order valence-electron chi connectivity index (χ4n) is 4.28. The summed E-state index contributed by atoms with van der Waals surface area (Å²) in [6, 6.07) is 21.5. The standard InChI is InChI=1S/C30H37N3O5S/c1-5-18-31-30(35)28(6-2)32(21-24-13-11-15-26(20-24)38-4)29(34)22-33(25-14-10-12-23(3)19-25)39(36,37)27-16-8-7-9-17-27/h7-17,19-20,28H,5-6,18,21-22H2,1-4H3,(H,31,35)/t28-/m0/s1. The minimum absolute atomic E-state index is 0.0754. The summed E-state index contributed by atoms with van der Waals surface area (Å²) in [5, 5.41) is 2.89. The van der Waals surface area contributed by atoms with Crippen LogP contribution in [0, 0.1) is 6.92 Å². The van der Waals surface area contributed by atoms with Crippen LogP contribution in [-0.2, 0) is 26.2 Å². The fourth-order valence-corrected chi connectivity index (χ4v) is 5.71. The molecular weight excluding hydrogens is 514 g/mol. The summed E-state index contributed by atoms with van der Waals surface area (Å²) < 4.78 is 34.1. The highest BCUT2D eigenvalue weighted by Gasteiger charge is 2.33. The van der Waals surface area contributed by atoms with Gasteiger partial charge >= 0.3 is 0 Å². The third kappa shape index (κ3) is 7.60. The first-order valence-corrected chi connectivity index (χ1v) is 14.5. The normalized spacial score (nSPS) is 11.9. The molecule has 3 aromatic rings. The number of rotatable bonds is 13. The monoisotopic (exact) mass is 551 g/mol. The zero-order valence-electron chi connectivity index (χ0n) is 23.0. The molecular formula is C30H37N3O5S. The highest BCUT2D eigenvalue weighted by molar-refractivity contribution is 7.92. The van der Waals surface area contributed by atoms with Gasteiger partial charge in [-0.1, -0.05) is 56.3 Å². The molecule has 0 heterocycles. The Bertz CT molecular complexity index is 1360. The number of benzene rings is 3. The molecule has 2 amide bonds. The van der Waals surface area contributed by atoms with E-state index in [9.17, 15) is 18.0 Å². The zero-order chi connectivity index (χ0) is 28.4. The Labute approximate surface area is 231 Å². The molecule has 3 aromatic carbocycles. The number of amides is 2. The molecule has 0 aliphatic heterocycles. The van der Waals surface area contributed by atoms with Gasteiger partial charge in [-0.2, -0.15) is 0 Å². The van der Waals surface area contributed by atoms with Crippen LogP contribution in [0.5, 0.6) is 5.75 Å². The Kier molecular flexibility index (Phi) is 10.5. The van der Waals surface area contributed by atoms with Crippen LogP contribution in [-0.4, -0.2) is 51.4 Å². The van der Waals surface area contributed by atoms with E-state index in [4.69, 9.17) is 4.74 Å². The number of nitrogens with one attached hydrogen (secondary N) is 1. The molecule has 208 valence electrons. The van der Waals surface area contributed by atoms with Gasteiger partial charge in [0.15, 0.2) is 0 Å². The molecule has 0 saturated carbocycles. The second-order valence-corrected chi connectivity index (χ2v) is 11.1. The molecule has 0 aromatic heterocycles. The van der Waals surface area contributed by atoms with Crippen LogP contribution >= 0.6 is 0 Å². The molecule has 39 heavy (non-hydrogen) atoms. The maximum atomic E-state index is 14.0. The van der Waals surface area contributed by atoms with Gasteiger partial charge in [-0.25, -0.2) is 8.42 Å². The fraction of sp³-hybridized carbons (Fsp3) is 0.333. The lowest BCUT2D eigenvalue weighted by Gasteiger charge is -2.33. The summed E-state index contributed by atoms with van der Waals surface area (Å²) in [6.45, 7) is 5.77. The van der Waals surface area contributed by atoms with Crippen molar-refractivity contribution in [3.63, 3.8) is 0 Å². The summed E-state index contributed by atoms with van der Waals surface area (Å²) in [6.07, 6.45) is 1.11. The molecule has 1 N–H and O–H groups in total. The van der Waals surface area contributed by atoms with Crippen LogP contribution in [0.25, 0.3) is 0 Å². The van der Waals surface area contributed by atoms with Gasteiger partial charge in [-0.05, 0) is 67.3 Å². The molecule has 0 bridgehead atoms. The third-order valence-corrected chi connectivity index (χ3v) is 8.11. The number of aryl methyl sites for hydroxylation is 1. The second kappa shape index (κ2) is 13.8. The first-order valence-electron chi connectivity index (χ1n) is 13.1. The lowest BCUT2D eigenvalue weighted by atomic mass is 10.1. The lowest BCUT2D eigenvalue weighted by Crippen LogP contribution is -2.52. The SMILES string of the molecule is CCCNC(=O)[C@H](CC)N(Cc1cccc(OC)c1)C(=O)CN(c1cccc(C)c1)S(=O)(=O)c1ccccc1. The van der Waals surface area contributed by atoms with Crippen LogP contribution in [0.15, 0.2) is 83.8 Å². The van der Waals surface area contributed by atoms with Crippen molar-refractivity contribution in [3.05, 3.63) is 90.0 Å². The number of sulfonamides is 1. The molecule has 0 aliphatic rings. The van der Waals surface area contributed by atoms with Crippen LogP contribution in [0.2, 0.25) is 0 Å². The van der Waals surface area contributed by atoms with Crippen LogP contribution in [0.1, 0.15) is 37.8 Å². The number of carbonyl (C=O) groups is 2. The summed E-state index contributed by atoms with van der Waals surface area (Å²) in [5.41, 5.74) is 1.99. The Morgan fingerprint density at radius 1 is 0.949 bits per heavy atom. The van der Waals surface area contributed by atoms with Crippen molar-refractivity contribution in [1.82, 2.24) is 10.2 Å². The molecule has 0 unspecified atom stereocenters. The summed E-state index contributed by atoms with van der Waals surface area (Å²) in [5.74, 6) is -0.141. The highest BCUT2D eigenvalue weighted by atomic mass is 32.2. The van der Waals surface area contributed by atoms with E-state index in [0.29, 0.717) is 24.4 Å². The lowest BCUT2D eigenvalue weighted by molar-refractivity contribution is -0.140. The Morgan fingerprint density at radius 3 is 2.31 bits per heavy atom. The van der Waals surface area contributed by atoms with Crippen molar-refractivity contribution >= 4 is 27.5 Å². The molecule has 8 nitrogen and oxygen atoms in total. The summed E-state index contributed by atoms with van der Waals surface area (Å²) in [7, 11) is -2.53. The van der Waals surface area contributed by atoms with Crippen molar-refractivity contribution in [3.8, 4) is 5.75 Å². The Balaban J connectivity index is 2.05. The maximum Gasteiger partial charge on any atom is 0.264 e. The van der Waals surface area contributed by atoms with Crippen molar-refractivity contribution in [1.29, 1.82) is 0 Å². The van der Waals surface area contributed by atoms with E-state index >= 15 is 0 Å². The van der Waals surface area contributed by atoms with Crippen LogP contribution in [0.4, 0.5) is 5.69 Å². The molecule has 0 spiro atoms. The molecule has 0 fully saturated rings. The van der Waals surface area contributed by atoms with Gasteiger partial charge in [0.25, 0.3) is 10.0 Å². The molecule has 0 radical (unpaired) electrons. The van der Waals surface area contributed by atoms with Crippen LogP contribution < -0.4 is 14.4 Å². The Morgan fingerprint density at radius 2 is 1.67 bits per heavy atom. The number of ether oxygens (including phenoxy) is 1. The first kappa shape index (κ1) is 29.7. The van der Waals surface area contributed by atoms with Crippen molar-refractivity contribution in [2.45, 2.75) is 51.1 Å². The van der Waals surface area contributed by atoms with E-state index in [0.717, 1.165) is 21.9 Å². The average molecular weight is 552 g/mol. The van der Waals surface area contributed by atoms with E-state index in [-0.39, 0.29) is 17.3 Å². The molecule has 3 rings (SSSR count). The van der Waals surface area contributed by atoms with Gasteiger partial charge in [-0.15, -0.1) is 0 Å². The topological polar surface area (TPSA) is 96.0 Å². The highest BCUT2D eigenvalue weighted by Crippen LogP contribution is 2.26. The minimum atomic E-state index is -4.08. The van der Waals surface area contributed by atoms with Gasteiger partial charge in [0.2, 0.25) is 11.8 Å². The molecule has 0 aliphatic carbocycles. The predicted octanol–water partition coefficient (Wildman–Crippen LogP) is 4.53. The number of carbonyl (C=O) groups excluding carboxylic acids is 2. The summed E-state index contributed by atoms with van der Waals surface area (Å²) >= 11 is 0. The minimum Gasteiger partial charge on any atom is -0.497 e. The maximum absolute atomic E-state index is 14.0. The van der Waals surface area contributed by atoms with Gasteiger partial charge in [0, 0.05) is 13.1 Å². The average Bonchev–Trinajstić information content (AvgIpc) is 2.95. The van der Waals surface area contributed by atoms with E-state index in [1.807, 2.05) is 39.0 Å². The Hall–Kier alpha value is -3.85. The largest absolute Gasteiger partial charge is 0.497 e. The zero-order valence-corrected chi connectivity index (χ0v) is 23.8. The molecule has 0 saturated heterocycles.